The molecule has 11 heteroatoms. The van der Waals surface area contributed by atoms with E-state index in [-0.39, 0.29) is 31.8 Å². The summed E-state index contributed by atoms with van der Waals surface area (Å²) in [7, 11) is 0. The number of aliphatic hydroxyl groups excluding tert-OH is 2. The van der Waals surface area contributed by atoms with Crippen molar-refractivity contribution in [2.24, 2.45) is 0 Å². The zero-order valence-corrected chi connectivity index (χ0v) is 14.2. The average Bonchev–Trinajstić information content (AvgIpc) is 3.24. The summed E-state index contributed by atoms with van der Waals surface area (Å²) in [6.45, 7) is 0.644. The summed E-state index contributed by atoms with van der Waals surface area (Å²) in [5, 5.41) is 26.4. The number of aromatic nitrogens is 5. The molecule has 3 atom stereocenters. The fourth-order valence-electron chi connectivity index (χ4n) is 2.92. The molecule has 2 N–H and O–H groups in total. The van der Waals surface area contributed by atoms with Gasteiger partial charge in [0.15, 0.2) is 0 Å². The topological polar surface area (TPSA) is 124 Å². The van der Waals surface area contributed by atoms with Gasteiger partial charge < -0.3 is 14.9 Å². The molecule has 2 aromatic heterocycles. The quantitative estimate of drug-likeness (QED) is 0.650. The molecule has 0 aromatic carbocycles. The van der Waals surface area contributed by atoms with Crippen LogP contribution in [0, 0.1) is 6.92 Å². The van der Waals surface area contributed by atoms with Gasteiger partial charge in [-0.05, 0) is 6.92 Å². The molecular weight excluding hydrogens is 349 g/mol. The number of aliphatic hydroxyl groups is 2. The van der Waals surface area contributed by atoms with E-state index >= 15 is 0 Å². The third-order valence-corrected chi connectivity index (χ3v) is 4.34. The Morgan fingerprint density at radius 1 is 1.35 bits per heavy atom. The van der Waals surface area contributed by atoms with E-state index in [4.69, 9.17) is 4.74 Å². The van der Waals surface area contributed by atoms with E-state index in [2.05, 4.69) is 10.3 Å². The van der Waals surface area contributed by atoms with Gasteiger partial charge in [-0.15, -0.1) is 5.10 Å². The molecule has 3 rings (SSSR count). The van der Waals surface area contributed by atoms with Crippen molar-refractivity contribution in [2.75, 3.05) is 6.61 Å². The largest absolute Gasteiger partial charge is 0.394 e. The van der Waals surface area contributed by atoms with Crippen LogP contribution in [-0.4, -0.2) is 53.2 Å². The number of nitrogens with zero attached hydrogens (tertiary/aromatic N) is 5. The minimum atomic E-state index is -0.896. The summed E-state index contributed by atoms with van der Waals surface area (Å²) in [5.74, 6) is 0. The van der Waals surface area contributed by atoms with Crippen LogP contribution in [-0.2, 0) is 24.5 Å². The Hall–Kier alpha value is -2.37. The van der Waals surface area contributed by atoms with Gasteiger partial charge in [0.25, 0.3) is 5.56 Å². The minimum Gasteiger partial charge on any atom is -0.394 e. The van der Waals surface area contributed by atoms with Gasteiger partial charge in [-0.1, -0.05) is 5.21 Å². The van der Waals surface area contributed by atoms with E-state index in [0.717, 1.165) is 4.57 Å². The minimum absolute atomic E-state index is 0.0210. The molecule has 1 fully saturated rings. The van der Waals surface area contributed by atoms with Crippen LogP contribution in [0.25, 0.3) is 0 Å². The van der Waals surface area contributed by atoms with E-state index in [9.17, 15) is 24.2 Å². The summed E-state index contributed by atoms with van der Waals surface area (Å²) in [6.07, 6.45) is 0.473. The number of halogens is 1. The maximum atomic E-state index is 12.7. The molecule has 0 amide bonds. The fourth-order valence-corrected chi connectivity index (χ4v) is 2.92. The highest BCUT2D eigenvalue weighted by Gasteiger charge is 2.35. The van der Waals surface area contributed by atoms with Crippen molar-refractivity contribution in [2.45, 2.75) is 51.5 Å². The first-order chi connectivity index (χ1) is 12.4. The first-order valence-electron chi connectivity index (χ1n) is 8.16. The molecule has 0 bridgehead atoms. The SMILES string of the molecule is Cc1cn(C2C[C@H](O)C(CO)O2)c(=O)n(CCn2cc(CF)nn2)c1=O. The lowest BCUT2D eigenvalue weighted by atomic mass is 10.2. The molecule has 0 saturated carbocycles. The van der Waals surface area contributed by atoms with Crippen LogP contribution >= 0.6 is 0 Å². The Balaban J connectivity index is 1.87. The number of rotatable bonds is 6. The van der Waals surface area contributed by atoms with Crippen molar-refractivity contribution in [1.82, 2.24) is 24.1 Å². The van der Waals surface area contributed by atoms with Crippen LogP contribution in [0.5, 0.6) is 0 Å². The Morgan fingerprint density at radius 2 is 2.12 bits per heavy atom. The highest BCUT2D eigenvalue weighted by atomic mass is 19.1. The number of hydrogen-bond acceptors (Lipinski definition) is 7. The molecule has 2 unspecified atom stereocenters. The summed E-state index contributed by atoms with van der Waals surface area (Å²) < 4.78 is 21.7. The second-order valence-corrected chi connectivity index (χ2v) is 6.18. The zero-order chi connectivity index (χ0) is 18.8. The molecule has 1 aliphatic heterocycles. The molecule has 0 spiro atoms. The summed E-state index contributed by atoms with van der Waals surface area (Å²) in [5.41, 5.74) is -0.544. The van der Waals surface area contributed by atoms with Gasteiger partial charge in [0, 0.05) is 18.2 Å². The Morgan fingerprint density at radius 3 is 2.73 bits per heavy atom. The van der Waals surface area contributed by atoms with Gasteiger partial charge in [0.1, 0.15) is 24.7 Å². The third kappa shape index (κ3) is 3.45. The first-order valence-corrected chi connectivity index (χ1v) is 8.16. The van der Waals surface area contributed by atoms with Crippen LogP contribution < -0.4 is 11.2 Å². The molecular formula is C15H20FN5O5. The van der Waals surface area contributed by atoms with Crippen LogP contribution in [0.4, 0.5) is 4.39 Å². The molecule has 10 nitrogen and oxygen atoms in total. The monoisotopic (exact) mass is 369 g/mol. The van der Waals surface area contributed by atoms with Crippen molar-refractivity contribution < 1.29 is 19.3 Å². The van der Waals surface area contributed by atoms with E-state index in [1.54, 1.807) is 6.92 Å². The summed E-state index contributed by atoms with van der Waals surface area (Å²) in [6, 6.07) is 0. The van der Waals surface area contributed by atoms with Crippen LogP contribution in [0.3, 0.4) is 0 Å². The Kier molecular flexibility index (Phi) is 5.30. The van der Waals surface area contributed by atoms with Crippen molar-refractivity contribution in [3.63, 3.8) is 0 Å². The number of alkyl halides is 1. The molecule has 1 saturated heterocycles. The number of hydrogen-bond donors (Lipinski definition) is 2. The highest BCUT2D eigenvalue weighted by molar-refractivity contribution is 5.04. The lowest BCUT2D eigenvalue weighted by Gasteiger charge is -2.17. The normalized spacial score (nSPS) is 22.8. The Labute approximate surface area is 147 Å². The summed E-state index contributed by atoms with van der Waals surface area (Å²) in [4.78, 5) is 25.0. The van der Waals surface area contributed by atoms with E-state index < -0.39 is 36.4 Å². The smallest absolute Gasteiger partial charge is 0.333 e. The van der Waals surface area contributed by atoms with E-state index in [0.29, 0.717) is 5.56 Å². The zero-order valence-electron chi connectivity index (χ0n) is 14.2. The third-order valence-electron chi connectivity index (χ3n) is 4.34. The molecule has 3 heterocycles. The van der Waals surface area contributed by atoms with Gasteiger partial charge in [0.2, 0.25) is 0 Å². The van der Waals surface area contributed by atoms with Crippen molar-refractivity contribution >= 4 is 0 Å². The maximum absolute atomic E-state index is 12.7. The van der Waals surface area contributed by atoms with Gasteiger partial charge in [-0.2, -0.15) is 0 Å². The van der Waals surface area contributed by atoms with Gasteiger partial charge in [-0.3, -0.25) is 18.6 Å². The van der Waals surface area contributed by atoms with Crippen molar-refractivity contribution in [1.29, 1.82) is 0 Å². The van der Waals surface area contributed by atoms with E-state index in [1.165, 1.54) is 21.6 Å². The first kappa shape index (κ1) is 18.4. The number of aryl methyl sites for hydroxylation is 2. The van der Waals surface area contributed by atoms with Crippen LogP contribution in [0.15, 0.2) is 22.0 Å². The van der Waals surface area contributed by atoms with Gasteiger partial charge >= 0.3 is 5.69 Å². The average molecular weight is 369 g/mol. The number of ether oxygens (including phenoxy) is 1. The predicted octanol–water partition coefficient (Wildman–Crippen LogP) is -1.28. The summed E-state index contributed by atoms with van der Waals surface area (Å²) >= 11 is 0. The van der Waals surface area contributed by atoms with E-state index in [1.807, 2.05) is 0 Å². The predicted molar refractivity (Wildman–Crippen MR) is 86.2 cm³/mol. The lowest BCUT2D eigenvalue weighted by Crippen LogP contribution is -2.42. The van der Waals surface area contributed by atoms with Crippen molar-refractivity contribution in [3.05, 3.63) is 44.5 Å². The standard InChI is InChI=1S/C15H20FN5O5/c1-9-6-21(13-4-11(23)12(8-22)26-13)15(25)20(14(9)24)3-2-19-7-10(5-16)17-18-19/h6-7,11-13,22-23H,2-5,8H2,1H3/t11-,12?,13?/m0/s1. The van der Waals surface area contributed by atoms with Crippen molar-refractivity contribution in [3.8, 4) is 0 Å². The van der Waals surface area contributed by atoms with Crippen LogP contribution in [0.1, 0.15) is 23.9 Å². The Bertz CT molecular complexity index is 891. The fraction of sp³-hybridized carbons (Fsp3) is 0.600. The lowest BCUT2D eigenvalue weighted by molar-refractivity contribution is -0.0464. The highest BCUT2D eigenvalue weighted by Crippen LogP contribution is 2.27. The molecule has 0 radical (unpaired) electrons. The maximum Gasteiger partial charge on any atom is 0.333 e. The molecule has 2 aromatic rings. The van der Waals surface area contributed by atoms with Gasteiger partial charge in [0.05, 0.1) is 32.0 Å². The molecule has 1 aliphatic rings. The molecule has 142 valence electrons. The van der Waals surface area contributed by atoms with Crippen LogP contribution in [0.2, 0.25) is 0 Å². The molecule has 26 heavy (non-hydrogen) atoms. The van der Waals surface area contributed by atoms with Gasteiger partial charge in [-0.25, -0.2) is 9.18 Å². The second-order valence-electron chi connectivity index (χ2n) is 6.18. The molecule has 0 aliphatic carbocycles. The second kappa shape index (κ2) is 7.48.